The van der Waals surface area contributed by atoms with Gasteiger partial charge >= 0.3 is 0 Å². The van der Waals surface area contributed by atoms with Crippen molar-refractivity contribution in [2.45, 2.75) is 25.0 Å². The van der Waals surface area contributed by atoms with Crippen molar-refractivity contribution in [3.63, 3.8) is 0 Å². The lowest BCUT2D eigenvalue weighted by molar-refractivity contribution is 0.183. The van der Waals surface area contributed by atoms with E-state index >= 15 is 0 Å². The standard InChI is InChI=1S/C12H16ClNO2/c1-15-7-8-5-11(16-2)10(13)6-9(8)12(14)3-4-12/h5-6H,3-4,7,14H2,1-2H3. The minimum atomic E-state index is -0.205. The highest BCUT2D eigenvalue weighted by Gasteiger charge is 2.41. The van der Waals surface area contributed by atoms with Crippen molar-refractivity contribution in [2.75, 3.05) is 14.2 Å². The van der Waals surface area contributed by atoms with Crippen LogP contribution in [0.2, 0.25) is 5.02 Å². The van der Waals surface area contributed by atoms with Crippen molar-refractivity contribution >= 4 is 11.6 Å². The fourth-order valence-corrected chi connectivity index (χ4v) is 2.14. The van der Waals surface area contributed by atoms with E-state index in [1.54, 1.807) is 14.2 Å². The number of methoxy groups -OCH3 is 2. The molecule has 0 aliphatic heterocycles. The molecule has 3 nitrogen and oxygen atoms in total. The van der Waals surface area contributed by atoms with Crippen molar-refractivity contribution in [1.82, 2.24) is 0 Å². The summed E-state index contributed by atoms with van der Waals surface area (Å²) < 4.78 is 10.4. The third kappa shape index (κ3) is 2.03. The minimum Gasteiger partial charge on any atom is -0.495 e. The van der Waals surface area contributed by atoms with Crippen LogP contribution >= 0.6 is 11.6 Å². The summed E-state index contributed by atoms with van der Waals surface area (Å²) in [6, 6.07) is 3.82. The maximum Gasteiger partial charge on any atom is 0.137 e. The Hall–Kier alpha value is -0.770. The molecule has 0 heterocycles. The van der Waals surface area contributed by atoms with Gasteiger partial charge in [-0.1, -0.05) is 11.6 Å². The molecule has 4 heteroatoms. The van der Waals surface area contributed by atoms with Crippen LogP contribution in [-0.4, -0.2) is 14.2 Å². The first-order valence-corrected chi connectivity index (χ1v) is 5.63. The largest absolute Gasteiger partial charge is 0.495 e. The molecule has 1 fully saturated rings. The van der Waals surface area contributed by atoms with Crippen molar-refractivity contribution in [1.29, 1.82) is 0 Å². The van der Waals surface area contributed by atoms with Gasteiger partial charge < -0.3 is 15.2 Å². The molecule has 1 aromatic carbocycles. The fraction of sp³-hybridized carbons (Fsp3) is 0.500. The monoisotopic (exact) mass is 241 g/mol. The topological polar surface area (TPSA) is 44.5 Å². The van der Waals surface area contributed by atoms with E-state index in [0.717, 1.165) is 24.0 Å². The van der Waals surface area contributed by atoms with Gasteiger partial charge in [0.05, 0.1) is 18.7 Å². The Kier molecular flexibility index (Phi) is 3.10. The molecule has 1 aliphatic rings. The highest BCUT2D eigenvalue weighted by molar-refractivity contribution is 6.32. The molecule has 0 unspecified atom stereocenters. The number of hydrogen-bond donors (Lipinski definition) is 1. The predicted molar refractivity (Wildman–Crippen MR) is 63.8 cm³/mol. The summed E-state index contributed by atoms with van der Waals surface area (Å²) in [5.74, 6) is 0.668. The number of hydrogen-bond acceptors (Lipinski definition) is 3. The van der Waals surface area contributed by atoms with E-state index in [0.29, 0.717) is 17.4 Å². The second kappa shape index (κ2) is 4.24. The second-order valence-electron chi connectivity index (χ2n) is 4.23. The lowest BCUT2D eigenvalue weighted by atomic mass is 9.99. The Morgan fingerprint density at radius 3 is 2.56 bits per heavy atom. The molecule has 0 atom stereocenters. The number of ether oxygens (including phenoxy) is 2. The Labute approximate surface area is 100 Å². The van der Waals surface area contributed by atoms with E-state index in [9.17, 15) is 0 Å². The number of benzene rings is 1. The third-order valence-electron chi connectivity index (χ3n) is 3.00. The van der Waals surface area contributed by atoms with Gasteiger partial charge in [-0.25, -0.2) is 0 Å². The number of rotatable bonds is 4. The summed E-state index contributed by atoms with van der Waals surface area (Å²) in [6.45, 7) is 0.530. The summed E-state index contributed by atoms with van der Waals surface area (Å²) in [5, 5.41) is 0.606. The molecule has 0 amide bonds. The number of nitrogens with two attached hydrogens (primary N) is 1. The van der Waals surface area contributed by atoms with Crippen molar-refractivity contribution in [2.24, 2.45) is 5.73 Å². The van der Waals surface area contributed by atoms with Crippen molar-refractivity contribution in [3.8, 4) is 5.75 Å². The fourth-order valence-electron chi connectivity index (χ4n) is 1.89. The van der Waals surface area contributed by atoms with Crippen molar-refractivity contribution in [3.05, 3.63) is 28.3 Å². The third-order valence-corrected chi connectivity index (χ3v) is 3.30. The highest BCUT2D eigenvalue weighted by Crippen LogP contribution is 2.46. The molecule has 16 heavy (non-hydrogen) atoms. The number of halogens is 1. The van der Waals surface area contributed by atoms with Gasteiger partial charge in [0.1, 0.15) is 5.75 Å². The average Bonchev–Trinajstić information content (AvgIpc) is 3.00. The average molecular weight is 242 g/mol. The van der Waals surface area contributed by atoms with E-state index in [1.165, 1.54) is 0 Å². The molecular weight excluding hydrogens is 226 g/mol. The maximum absolute atomic E-state index is 6.20. The van der Waals surface area contributed by atoms with Crippen LogP contribution in [0.25, 0.3) is 0 Å². The van der Waals surface area contributed by atoms with Gasteiger partial charge in [0, 0.05) is 12.6 Å². The van der Waals surface area contributed by atoms with Gasteiger partial charge in [-0.2, -0.15) is 0 Å². The Morgan fingerprint density at radius 1 is 1.38 bits per heavy atom. The summed E-state index contributed by atoms with van der Waals surface area (Å²) in [7, 11) is 3.27. The first kappa shape index (κ1) is 11.7. The van der Waals surface area contributed by atoms with Crippen LogP contribution in [0.15, 0.2) is 12.1 Å². The Balaban J connectivity index is 2.45. The van der Waals surface area contributed by atoms with E-state index in [-0.39, 0.29) is 5.54 Å². The quantitative estimate of drug-likeness (QED) is 0.881. The van der Waals surface area contributed by atoms with Crippen molar-refractivity contribution < 1.29 is 9.47 Å². The molecule has 0 radical (unpaired) electrons. The van der Waals surface area contributed by atoms with Crippen LogP contribution in [0.1, 0.15) is 24.0 Å². The van der Waals surface area contributed by atoms with Gasteiger partial charge in [-0.15, -0.1) is 0 Å². The lowest BCUT2D eigenvalue weighted by Crippen LogP contribution is -2.21. The molecule has 1 aromatic rings. The van der Waals surface area contributed by atoms with E-state index in [1.807, 2.05) is 12.1 Å². The first-order chi connectivity index (χ1) is 7.60. The van der Waals surface area contributed by atoms with Gasteiger partial charge in [-0.3, -0.25) is 0 Å². The summed E-state index contributed by atoms with van der Waals surface area (Å²) in [5.41, 5.74) is 8.14. The molecule has 1 saturated carbocycles. The summed E-state index contributed by atoms with van der Waals surface area (Å²) in [6.07, 6.45) is 2.01. The lowest BCUT2D eigenvalue weighted by Gasteiger charge is -2.17. The highest BCUT2D eigenvalue weighted by atomic mass is 35.5. The zero-order chi connectivity index (χ0) is 11.8. The Morgan fingerprint density at radius 2 is 2.06 bits per heavy atom. The molecule has 0 bridgehead atoms. The van der Waals surface area contributed by atoms with Crippen LogP contribution in [0.3, 0.4) is 0 Å². The molecule has 2 rings (SSSR count). The van der Waals surface area contributed by atoms with E-state index in [2.05, 4.69) is 0 Å². The molecule has 0 spiro atoms. The van der Waals surface area contributed by atoms with Crippen LogP contribution in [0, 0.1) is 0 Å². The van der Waals surface area contributed by atoms with Crippen LogP contribution in [0.4, 0.5) is 0 Å². The Bertz CT molecular complexity index is 402. The molecule has 1 aliphatic carbocycles. The van der Waals surface area contributed by atoms with Gasteiger partial charge in [-0.05, 0) is 36.1 Å². The van der Waals surface area contributed by atoms with Crippen LogP contribution < -0.4 is 10.5 Å². The van der Waals surface area contributed by atoms with Gasteiger partial charge in [0.25, 0.3) is 0 Å². The second-order valence-corrected chi connectivity index (χ2v) is 4.64. The van der Waals surface area contributed by atoms with Gasteiger partial charge in [0.2, 0.25) is 0 Å². The molecular formula is C12H16ClNO2. The molecule has 88 valence electrons. The smallest absolute Gasteiger partial charge is 0.137 e. The summed E-state index contributed by atoms with van der Waals surface area (Å²) >= 11 is 6.11. The maximum atomic E-state index is 6.20. The predicted octanol–water partition coefficient (Wildman–Crippen LogP) is 2.44. The summed E-state index contributed by atoms with van der Waals surface area (Å²) in [4.78, 5) is 0. The van der Waals surface area contributed by atoms with E-state index in [4.69, 9.17) is 26.8 Å². The SMILES string of the molecule is COCc1cc(OC)c(Cl)cc1C1(N)CC1. The van der Waals surface area contributed by atoms with E-state index < -0.39 is 0 Å². The van der Waals surface area contributed by atoms with Crippen LogP contribution in [0.5, 0.6) is 5.75 Å². The molecule has 2 N–H and O–H groups in total. The van der Waals surface area contributed by atoms with Crippen LogP contribution in [-0.2, 0) is 16.9 Å². The first-order valence-electron chi connectivity index (χ1n) is 5.25. The zero-order valence-corrected chi connectivity index (χ0v) is 10.3. The van der Waals surface area contributed by atoms with Gasteiger partial charge in [0.15, 0.2) is 0 Å². The zero-order valence-electron chi connectivity index (χ0n) is 9.55. The molecule has 0 saturated heterocycles. The minimum absolute atomic E-state index is 0.205. The molecule has 0 aromatic heterocycles. The normalized spacial score (nSPS) is 17.2.